The lowest BCUT2D eigenvalue weighted by Gasteiger charge is -2.10. The smallest absolute Gasteiger partial charge is 0.266 e. The van der Waals surface area contributed by atoms with Gasteiger partial charge >= 0.3 is 0 Å². The van der Waals surface area contributed by atoms with Gasteiger partial charge < -0.3 is 4.98 Å². The molecule has 0 unspecified atom stereocenters. The summed E-state index contributed by atoms with van der Waals surface area (Å²) in [5.41, 5.74) is -1.20. The molecule has 1 aromatic carbocycles. The number of hydrogen-bond acceptors (Lipinski definition) is 2. The minimum atomic E-state index is -1.26. The van der Waals surface area contributed by atoms with E-state index in [0.717, 1.165) is 6.07 Å². The van der Waals surface area contributed by atoms with E-state index in [2.05, 4.69) is 4.98 Å². The zero-order valence-electron chi connectivity index (χ0n) is 10.0. The van der Waals surface area contributed by atoms with Gasteiger partial charge in [0.2, 0.25) is 0 Å². The number of halogens is 4. The molecule has 0 atom stereocenters. The number of pyridine rings is 1. The molecule has 3 nitrogen and oxygen atoms in total. The Morgan fingerprint density at radius 1 is 1.30 bits per heavy atom. The van der Waals surface area contributed by atoms with Crippen LogP contribution in [-0.4, -0.2) is 4.98 Å². The summed E-state index contributed by atoms with van der Waals surface area (Å²) in [6, 6.07) is 3.71. The highest BCUT2D eigenvalue weighted by Gasteiger charge is 2.22. The van der Waals surface area contributed by atoms with E-state index in [0.29, 0.717) is 5.69 Å². The topological polar surface area (TPSA) is 56.6 Å². The molecule has 0 saturated carbocycles. The molecule has 7 heteroatoms. The minimum Gasteiger partial charge on any atom is -0.325 e. The zero-order valence-corrected chi connectivity index (χ0v) is 11.5. The maximum atomic E-state index is 14.0. The molecule has 0 bridgehead atoms. The van der Waals surface area contributed by atoms with Crippen LogP contribution in [0.25, 0.3) is 11.1 Å². The summed E-state index contributed by atoms with van der Waals surface area (Å²) in [7, 11) is 0. The fourth-order valence-electron chi connectivity index (χ4n) is 1.81. The van der Waals surface area contributed by atoms with Crippen molar-refractivity contribution in [3.63, 3.8) is 0 Å². The van der Waals surface area contributed by atoms with Crippen LogP contribution in [0.5, 0.6) is 0 Å². The first kappa shape index (κ1) is 14.5. The molecular weight excluding hydrogens is 309 g/mol. The molecule has 2 aromatic rings. The molecule has 2 rings (SSSR count). The van der Waals surface area contributed by atoms with Crippen LogP contribution in [0.2, 0.25) is 10.0 Å². The zero-order chi connectivity index (χ0) is 15.0. The number of rotatable bonds is 1. The predicted octanol–water partition coefficient (Wildman–Crippen LogP) is 3.81. The lowest BCUT2D eigenvalue weighted by atomic mass is 10.00. The number of nitrogens with one attached hydrogen (secondary N) is 1. The maximum Gasteiger partial charge on any atom is 0.266 e. The fourth-order valence-corrected chi connectivity index (χ4v) is 2.24. The second-order valence-electron chi connectivity index (χ2n) is 4.03. The molecule has 20 heavy (non-hydrogen) atoms. The van der Waals surface area contributed by atoms with Gasteiger partial charge in [-0.05, 0) is 19.1 Å². The van der Waals surface area contributed by atoms with E-state index in [4.69, 9.17) is 28.5 Å². The largest absolute Gasteiger partial charge is 0.325 e. The van der Waals surface area contributed by atoms with Gasteiger partial charge in [-0.1, -0.05) is 23.2 Å². The molecule has 1 N–H and O–H groups in total. The molecular formula is C13H6Cl2F2N2O. The van der Waals surface area contributed by atoms with Gasteiger partial charge in [0, 0.05) is 16.8 Å². The molecule has 0 fully saturated rings. The molecule has 1 aromatic heterocycles. The standard InChI is InChI=1S/C13H6Cl2F2N2O/c1-5-2-6(7(4-18)13(20)19-5)10-11(15)8(14)3-9(16)12(10)17/h2-3H,1H3,(H,19,20). The summed E-state index contributed by atoms with van der Waals surface area (Å²) in [5, 5.41) is 8.55. The lowest BCUT2D eigenvalue weighted by Crippen LogP contribution is -2.13. The molecule has 0 radical (unpaired) electrons. The van der Waals surface area contributed by atoms with Crippen molar-refractivity contribution in [1.82, 2.24) is 4.98 Å². The van der Waals surface area contributed by atoms with Crippen LogP contribution in [0.1, 0.15) is 11.3 Å². The van der Waals surface area contributed by atoms with Crippen molar-refractivity contribution in [2.24, 2.45) is 0 Å². The van der Waals surface area contributed by atoms with Crippen LogP contribution in [0.15, 0.2) is 16.9 Å². The Balaban J connectivity index is 2.97. The number of benzene rings is 1. The van der Waals surface area contributed by atoms with Gasteiger partial charge in [0.25, 0.3) is 5.56 Å². The molecule has 0 saturated heterocycles. The third-order valence-electron chi connectivity index (χ3n) is 2.66. The van der Waals surface area contributed by atoms with E-state index in [9.17, 15) is 13.6 Å². The summed E-state index contributed by atoms with van der Waals surface area (Å²) >= 11 is 11.6. The van der Waals surface area contributed by atoms with Crippen LogP contribution >= 0.6 is 23.2 Å². The van der Waals surface area contributed by atoms with Gasteiger partial charge in [0.1, 0.15) is 11.6 Å². The SMILES string of the molecule is Cc1cc(-c2c(F)c(F)cc(Cl)c2Cl)c(C#N)c(=O)[nH]1. The Kier molecular flexibility index (Phi) is 3.80. The van der Waals surface area contributed by atoms with Gasteiger partial charge in [0.15, 0.2) is 11.6 Å². The Labute approximate surface area is 122 Å². The van der Waals surface area contributed by atoms with Gasteiger partial charge in [-0.15, -0.1) is 0 Å². The molecule has 0 amide bonds. The number of aryl methyl sites for hydroxylation is 1. The minimum absolute atomic E-state index is 0.0994. The van der Waals surface area contributed by atoms with Crippen molar-refractivity contribution in [3.05, 3.63) is 55.4 Å². The fraction of sp³-hybridized carbons (Fsp3) is 0.0769. The van der Waals surface area contributed by atoms with E-state index in [1.165, 1.54) is 6.07 Å². The van der Waals surface area contributed by atoms with Gasteiger partial charge in [0.05, 0.1) is 10.0 Å². The summed E-state index contributed by atoms with van der Waals surface area (Å²) in [6.45, 7) is 1.54. The quantitative estimate of drug-likeness (QED) is 0.814. The number of nitriles is 1. The monoisotopic (exact) mass is 314 g/mol. The maximum absolute atomic E-state index is 14.0. The van der Waals surface area contributed by atoms with Crippen molar-refractivity contribution in [1.29, 1.82) is 5.26 Å². The average molecular weight is 315 g/mol. The summed E-state index contributed by atoms with van der Waals surface area (Å²) in [4.78, 5) is 14.1. The number of aromatic amines is 1. The Bertz CT molecular complexity index is 783. The number of aromatic nitrogens is 1. The molecule has 0 spiro atoms. The van der Waals surface area contributed by atoms with E-state index >= 15 is 0 Å². The second kappa shape index (κ2) is 5.23. The Hall–Kier alpha value is -1.90. The van der Waals surface area contributed by atoms with Crippen molar-refractivity contribution in [2.75, 3.05) is 0 Å². The third kappa shape index (κ3) is 2.28. The summed E-state index contributed by atoms with van der Waals surface area (Å²) < 4.78 is 27.4. The van der Waals surface area contributed by atoms with Gasteiger partial charge in [-0.3, -0.25) is 4.79 Å². The first-order valence-electron chi connectivity index (χ1n) is 5.34. The van der Waals surface area contributed by atoms with Gasteiger partial charge in [-0.25, -0.2) is 8.78 Å². The summed E-state index contributed by atoms with van der Waals surface area (Å²) in [6.07, 6.45) is 0. The van der Waals surface area contributed by atoms with Crippen molar-refractivity contribution >= 4 is 23.2 Å². The first-order chi connectivity index (χ1) is 9.36. The second-order valence-corrected chi connectivity index (χ2v) is 4.81. The first-order valence-corrected chi connectivity index (χ1v) is 6.09. The van der Waals surface area contributed by atoms with Crippen LogP contribution in [0, 0.1) is 29.9 Å². The summed E-state index contributed by atoms with van der Waals surface area (Å²) in [5.74, 6) is -2.47. The molecule has 102 valence electrons. The van der Waals surface area contributed by atoms with E-state index in [1.807, 2.05) is 0 Å². The highest BCUT2D eigenvalue weighted by Crippen LogP contribution is 2.38. The number of hydrogen-bond donors (Lipinski definition) is 1. The normalized spacial score (nSPS) is 10.4. The van der Waals surface area contributed by atoms with E-state index in [1.54, 1.807) is 13.0 Å². The van der Waals surface area contributed by atoms with Crippen LogP contribution in [-0.2, 0) is 0 Å². The number of H-pyrrole nitrogens is 1. The van der Waals surface area contributed by atoms with E-state index in [-0.39, 0.29) is 21.2 Å². The highest BCUT2D eigenvalue weighted by molar-refractivity contribution is 6.43. The Morgan fingerprint density at radius 2 is 1.95 bits per heavy atom. The molecule has 1 heterocycles. The third-order valence-corrected chi connectivity index (χ3v) is 3.45. The predicted molar refractivity (Wildman–Crippen MR) is 71.9 cm³/mol. The van der Waals surface area contributed by atoms with Crippen LogP contribution in [0.3, 0.4) is 0 Å². The van der Waals surface area contributed by atoms with Crippen molar-refractivity contribution < 1.29 is 8.78 Å². The Morgan fingerprint density at radius 3 is 2.55 bits per heavy atom. The van der Waals surface area contributed by atoms with Crippen molar-refractivity contribution in [2.45, 2.75) is 6.92 Å². The highest BCUT2D eigenvalue weighted by atomic mass is 35.5. The molecule has 0 aliphatic rings. The van der Waals surface area contributed by atoms with Gasteiger partial charge in [-0.2, -0.15) is 5.26 Å². The van der Waals surface area contributed by atoms with Crippen molar-refractivity contribution in [3.8, 4) is 17.2 Å². The average Bonchev–Trinajstić information content (AvgIpc) is 2.36. The molecule has 0 aliphatic heterocycles. The lowest BCUT2D eigenvalue weighted by molar-refractivity contribution is 0.511. The van der Waals surface area contributed by atoms with E-state index < -0.39 is 22.8 Å². The van der Waals surface area contributed by atoms with Crippen LogP contribution < -0.4 is 5.56 Å². The van der Waals surface area contributed by atoms with Crippen LogP contribution in [0.4, 0.5) is 8.78 Å². The molecule has 0 aliphatic carbocycles. The number of nitrogens with zero attached hydrogens (tertiary/aromatic N) is 1.